The van der Waals surface area contributed by atoms with Crippen molar-refractivity contribution in [2.24, 2.45) is 5.92 Å². The van der Waals surface area contributed by atoms with Crippen LogP contribution in [0.1, 0.15) is 26.7 Å². The zero-order valence-electron chi connectivity index (χ0n) is 19.3. The number of benzene rings is 1. The van der Waals surface area contributed by atoms with Crippen molar-refractivity contribution in [3.63, 3.8) is 0 Å². The number of halogens is 1. The van der Waals surface area contributed by atoms with Crippen molar-refractivity contribution in [1.82, 2.24) is 19.7 Å². The lowest BCUT2D eigenvalue weighted by molar-refractivity contribution is 0.0577. The van der Waals surface area contributed by atoms with Crippen LogP contribution in [0.5, 0.6) is 0 Å². The van der Waals surface area contributed by atoms with Gasteiger partial charge in [0.25, 0.3) is 0 Å². The summed E-state index contributed by atoms with van der Waals surface area (Å²) in [5, 5.41) is 25.3. The number of nitrogens with one attached hydrogen (secondary N) is 1. The molecule has 34 heavy (non-hydrogen) atoms. The van der Waals surface area contributed by atoms with Gasteiger partial charge in [0, 0.05) is 48.7 Å². The monoisotopic (exact) mass is 474 g/mol. The second-order valence-corrected chi connectivity index (χ2v) is 9.99. The van der Waals surface area contributed by atoms with Gasteiger partial charge in [-0.2, -0.15) is 10.4 Å². The number of fused-ring (bicyclic) bond motifs is 1. The number of aromatic nitrogens is 4. The van der Waals surface area contributed by atoms with E-state index in [1.165, 1.54) is 0 Å². The van der Waals surface area contributed by atoms with Crippen molar-refractivity contribution in [1.29, 1.82) is 5.26 Å². The van der Waals surface area contributed by atoms with Crippen molar-refractivity contribution in [2.75, 3.05) is 18.0 Å². The van der Waals surface area contributed by atoms with E-state index in [9.17, 15) is 10.4 Å². The third-order valence-electron chi connectivity index (χ3n) is 6.33. The predicted octanol–water partition coefficient (Wildman–Crippen LogP) is 5.26. The van der Waals surface area contributed by atoms with Crippen LogP contribution in [0.3, 0.4) is 0 Å². The van der Waals surface area contributed by atoms with E-state index in [0.717, 1.165) is 64.9 Å². The van der Waals surface area contributed by atoms with E-state index in [-0.39, 0.29) is 5.92 Å². The maximum absolute atomic E-state index is 10.1. The van der Waals surface area contributed by atoms with Crippen LogP contribution in [0.4, 0.5) is 5.69 Å². The first kappa shape index (κ1) is 22.5. The SMILES string of the molecule is CC(C)(O)Cn1cc(-c2ccc(-c3cnc4[nH]cc(Cl)c4c3N3CCC(C#N)CC3)cc2)cn1. The molecule has 4 aromatic rings. The highest BCUT2D eigenvalue weighted by molar-refractivity contribution is 6.36. The first-order valence-corrected chi connectivity index (χ1v) is 11.9. The van der Waals surface area contributed by atoms with Gasteiger partial charge in [-0.25, -0.2) is 4.98 Å². The summed E-state index contributed by atoms with van der Waals surface area (Å²) < 4.78 is 1.76. The average molecular weight is 475 g/mol. The highest BCUT2D eigenvalue weighted by Gasteiger charge is 2.25. The zero-order chi connectivity index (χ0) is 23.9. The summed E-state index contributed by atoms with van der Waals surface area (Å²) in [6.07, 6.45) is 9.13. The molecule has 1 aliphatic rings. The van der Waals surface area contributed by atoms with E-state index in [2.05, 4.69) is 50.3 Å². The van der Waals surface area contributed by atoms with Gasteiger partial charge in [-0.3, -0.25) is 4.68 Å². The highest BCUT2D eigenvalue weighted by Crippen LogP contribution is 2.41. The number of aromatic amines is 1. The fourth-order valence-corrected chi connectivity index (χ4v) is 4.88. The summed E-state index contributed by atoms with van der Waals surface area (Å²) in [5.41, 5.74) is 5.13. The maximum Gasteiger partial charge on any atom is 0.140 e. The molecular formula is C26H27ClN6O. The minimum absolute atomic E-state index is 0.107. The lowest BCUT2D eigenvalue weighted by Gasteiger charge is -2.33. The van der Waals surface area contributed by atoms with Gasteiger partial charge in [-0.05, 0) is 37.8 Å². The number of nitriles is 1. The molecule has 3 aromatic heterocycles. The number of anilines is 1. The molecule has 0 atom stereocenters. The summed E-state index contributed by atoms with van der Waals surface area (Å²) in [7, 11) is 0. The minimum Gasteiger partial charge on any atom is -0.389 e. The van der Waals surface area contributed by atoms with Crippen LogP contribution < -0.4 is 4.90 Å². The lowest BCUT2D eigenvalue weighted by Crippen LogP contribution is -2.33. The first-order valence-electron chi connectivity index (χ1n) is 11.5. The molecule has 2 N–H and O–H groups in total. The van der Waals surface area contributed by atoms with E-state index in [1.807, 2.05) is 18.6 Å². The fourth-order valence-electron chi connectivity index (χ4n) is 4.65. The summed E-state index contributed by atoms with van der Waals surface area (Å²) >= 11 is 6.59. The van der Waals surface area contributed by atoms with Crippen molar-refractivity contribution in [3.05, 3.63) is 54.1 Å². The number of piperidine rings is 1. The number of hydrogen-bond donors (Lipinski definition) is 2. The van der Waals surface area contributed by atoms with Crippen molar-refractivity contribution >= 4 is 28.3 Å². The molecule has 1 saturated heterocycles. The van der Waals surface area contributed by atoms with Crippen molar-refractivity contribution in [2.45, 2.75) is 38.8 Å². The summed E-state index contributed by atoms with van der Waals surface area (Å²) in [6.45, 7) is 5.59. The molecule has 0 radical (unpaired) electrons. The molecule has 5 rings (SSSR count). The van der Waals surface area contributed by atoms with Crippen LogP contribution in [-0.2, 0) is 6.54 Å². The van der Waals surface area contributed by atoms with Gasteiger partial charge in [0.2, 0.25) is 0 Å². The number of aliphatic hydroxyl groups is 1. The topological polar surface area (TPSA) is 93.8 Å². The summed E-state index contributed by atoms with van der Waals surface area (Å²) in [5.74, 6) is 0.107. The van der Waals surface area contributed by atoms with Crippen LogP contribution in [0, 0.1) is 17.2 Å². The summed E-state index contributed by atoms with van der Waals surface area (Å²) in [6, 6.07) is 10.8. The van der Waals surface area contributed by atoms with Crippen LogP contribution in [-0.4, -0.2) is 43.5 Å². The molecule has 4 heterocycles. The number of rotatable bonds is 5. The molecule has 1 fully saturated rings. The van der Waals surface area contributed by atoms with Crippen molar-refractivity contribution in [3.8, 4) is 28.3 Å². The largest absolute Gasteiger partial charge is 0.389 e. The molecule has 7 nitrogen and oxygen atoms in total. The Hall–Kier alpha value is -3.34. The van der Waals surface area contributed by atoms with Crippen LogP contribution in [0.25, 0.3) is 33.3 Å². The molecule has 174 valence electrons. The van der Waals surface area contributed by atoms with E-state index in [4.69, 9.17) is 11.6 Å². The van der Waals surface area contributed by atoms with Gasteiger partial charge < -0.3 is 15.0 Å². The average Bonchev–Trinajstić information content (AvgIpc) is 3.44. The van der Waals surface area contributed by atoms with E-state index in [1.54, 1.807) is 24.7 Å². The molecule has 0 bridgehead atoms. The number of nitrogens with zero attached hydrogens (tertiary/aromatic N) is 5. The number of H-pyrrole nitrogens is 1. The van der Waals surface area contributed by atoms with E-state index < -0.39 is 5.60 Å². The predicted molar refractivity (Wildman–Crippen MR) is 135 cm³/mol. The summed E-state index contributed by atoms with van der Waals surface area (Å²) in [4.78, 5) is 10.1. The Balaban J connectivity index is 1.50. The second kappa shape index (κ2) is 8.79. The molecule has 0 amide bonds. The van der Waals surface area contributed by atoms with Gasteiger partial charge in [0.05, 0.1) is 40.5 Å². The third-order valence-corrected chi connectivity index (χ3v) is 6.63. The minimum atomic E-state index is -0.823. The lowest BCUT2D eigenvalue weighted by atomic mass is 9.95. The number of pyridine rings is 1. The Bertz CT molecular complexity index is 1350. The third kappa shape index (κ3) is 4.39. The molecular weight excluding hydrogens is 448 g/mol. The van der Waals surface area contributed by atoms with E-state index in [0.29, 0.717) is 11.6 Å². The quantitative estimate of drug-likeness (QED) is 0.411. The smallest absolute Gasteiger partial charge is 0.140 e. The Kier molecular flexibility index (Phi) is 5.80. The molecule has 0 saturated carbocycles. The maximum atomic E-state index is 10.1. The fraction of sp³-hybridized carbons (Fsp3) is 0.346. The second-order valence-electron chi connectivity index (χ2n) is 9.59. The van der Waals surface area contributed by atoms with Crippen LogP contribution in [0.15, 0.2) is 49.1 Å². The Morgan fingerprint density at radius 1 is 1.15 bits per heavy atom. The molecule has 0 unspecified atom stereocenters. The first-order chi connectivity index (χ1) is 16.3. The highest BCUT2D eigenvalue weighted by atomic mass is 35.5. The molecule has 8 heteroatoms. The number of hydrogen-bond acceptors (Lipinski definition) is 5. The van der Waals surface area contributed by atoms with Gasteiger partial charge in [0.1, 0.15) is 5.65 Å². The standard InChI is InChI=1S/C26H27ClN6O/c1-26(2,34)16-33-15-20(12-31-33)18-3-5-19(6-4-18)21-13-29-25-23(22(27)14-30-25)24(21)32-9-7-17(11-28)8-10-32/h3-6,12-15,17,34H,7-10,16H2,1-2H3,(H,29,30). The molecule has 0 spiro atoms. The van der Waals surface area contributed by atoms with Crippen LogP contribution >= 0.6 is 11.6 Å². The molecule has 1 aliphatic heterocycles. The normalized spacial score (nSPS) is 15.1. The Labute approximate surface area is 203 Å². The Morgan fingerprint density at radius 2 is 1.85 bits per heavy atom. The molecule has 0 aliphatic carbocycles. The van der Waals surface area contributed by atoms with Crippen molar-refractivity contribution < 1.29 is 5.11 Å². The zero-order valence-corrected chi connectivity index (χ0v) is 20.0. The van der Waals surface area contributed by atoms with Gasteiger partial charge in [-0.1, -0.05) is 35.9 Å². The van der Waals surface area contributed by atoms with Gasteiger partial charge in [0.15, 0.2) is 0 Å². The van der Waals surface area contributed by atoms with Gasteiger partial charge in [-0.15, -0.1) is 0 Å². The van der Waals surface area contributed by atoms with E-state index >= 15 is 0 Å². The van der Waals surface area contributed by atoms with Gasteiger partial charge >= 0.3 is 0 Å². The Morgan fingerprint density at radius 3 is 2.53 bits per heavy atom. The van der Waals surface area contributed by atoms with Crippen LogP contribution in [0.2, 0.25) is 5.02 Å². The molecule has 1 aromatic carbocycles.